The summed E-state index contributed by atoms with van der Waals surface area (Å²) in [5.74, 6) is -0.0135. The maximum absolute atomic E-state index is 13.2. The van der Waals surface area contributed by atoms with Gasteiger partial charge >= 0.3 is 0 Å². The lowest BCUT2D eigenvalue weighted by molar-refractivity contribution is 0.0723. The standard InChI is InChI=1S/C34H35ClN4O3/c1-4-37(2)31(22-36)34(42,25-13-11-23(12-14-25)33(41)39-17-6-5-7-18-39)26-15-16-30-29(20-26)28(21-32(40)38(30)3)24-9-8-10-27(35)19-24/h4,8-16,19-22,42H,1,5-7,17-18,36H2,2-3H3/b31-22-. The molecule has 42 heavy (non-hydrogen) atoms. The number of pyridine rings is 1. The van der Waals surface area contributed by atoms with Crippen LogP contribution in [0.5, 0.6) is 0 Å². The van der Waals surface area contributed by atoms with Crippen molar-refractivity contribution >= 4 is 28.4 Å². The van der Waals surface area contributed by atoms with E-state index in [-0.39, 0.29) is 11.5 Å². The molecule has 1 fully saturated rings. The number of piperidine rings is 1. The molecule has 1 saturated heterocycles. The zero-order chi connectivity index (χ0) is 30.0. The van der Waals surface area contributed by atoms with Crippen LogP contribution in [0.1, 0.15) is 40.7 Å². The van der Waals surface area contributed by atoms with Crippen LogP contribution in [0.3, 0.4) is 0 Å². The first-order chi connectivity index (χ1) is 20.2. The summed E-state index contributed by atoms with van der Waals surface area (Å²) >= 11 is 6.31. The maximum atomic E-state index is 13.2. The Morgan fingerprint density at radius 2 is 1.71 bits per heavy atom. The number of aromatic nitrogens is 1. The largest absolute Gasteiger partial charge is 0.403 e. The molecule has 1 atom stereocenters. The Labute approximate surface area is 250 Å². The SMILES string of the molecule is C=CN(C)/C(=C\N)C(O)(c1ccc(C(=O)N2CCCCC2)cc1)c1ccc2c(c1)c(-c1cccc(Cl)c1)cc(=O)n2C. The van der Waals surface area contributed by atoms with Crippen molar-refractivity contribution in [3.8, 4) is 11.1 Å². The predicted octanol–water partition coefficient (Wildman–Crippen LogP) is 5.60. The summed E-state index contributed by atoms with van der Waals surface area (Å²) < 4.78 is 1.57. The zero-order valence-corrected chi connectivity index (χ0v) is 24.6. The summed E-state index contributed by atoms with van der Waals surface area (Å²) in [5.41, 5.74) is 8.42. The first-order valence-corrected chi connectivity index (χ1v) is 14.4. The Hall–Kier alpha value is -4.33. The number of likely N-dealkylation sites (tertiary alicyclic amines) is 1. The molecule has 3 aromatic carbocycles. The molecule has 1 unspecified atom stereocenters. The van der Waals surface area contributed by atoms with Crippen LogP contribution in [0.25, 0.3) is 22.0 Å². The highest BCUT2D eigenvalue weighted by molar-refractivity contribution is 6.30. The van der Waals surface area contributed by atoms with Crippen LogP contribution < -0.4 is 11.3 Å². The molecule has 3 N–H and O–H groups in total. The quantitative estimate of drug-likeness (QED) is 0.296. The second-order valence-corrected chi connectivity index (χ2v) is 11.1. The minimum Gasteiger partial charge on any atom is -0.403 e. The number of hydrogen-bond donors (Lipinski definition) is 2. The molecule has 7 nitrogen and oxygen atoms in total. The molecule has 216 valence electrons. The van der Waals surface area contributed by atoms with Crippen LogP contribution in [0, 0.1) is 0 Å². The van der Waals surface area contributed by atoms with E-state index in [1.54, 1.807) is 72.2 Å². The van der Waals surface area contributed by atoms with E-state index in [0.717, 1.165) is 43.3 Å². The first kappa shape index (κ1) is 29.2. The molecule has 8 heteroatoms. The number of hydrogen-bond acceptors (Lipinski definition) is 5. The zero-order valence-electron chi connectivity index (χ0n) is 23.9. The van der Waals surface area contributed by atoms with Gasteiger partial charge in [-0.15, -0.1) is 0 Å². The molecule has 5 rings (SSSR count). The maximum Gasteiger partial charge on any atom is 0.253 e. The number of carbonyl (C=O) groups excluding carboxylic acids is 1. The van der Waals surface area contributed by atoms with Crippen molar-refractivity contribution in [2.45, 2.75) is 24.9 Å². The monoisotopic (exact) mass is 582 g/mol. The summed E-state index contributed by atoms with van der Waals surface area (Å²) in [4.78, 5) is 29.6. The third-order valence-electron chi connectivity index (χ3n) is 8.18. The normalized spacial score (nSPS) is 15.3. The van der Waals surface area contributed by atoms with Gasteiger partial charge in [-0.05, 0) is 84.1 Å². The minimum atomic E-state index is -1.72. The number of amides is 1. The fourth-order valence-corrected chi connectivity index (χ4v) is 5.96. The molecule has 1 aliphatic heterocycles. The van der Waals surface area contributed by atoms with Crippen molar-refractivity contribution < 1.29 is 9.90 Å². The minimum absolute atomic E-state index is 0.0135. The van der Waals surface area contributed by atoms with Crippen LogP contribution in [0.15, 0.2) is 102 Å². The molecule has 0 aliphatic carbocycles. The predicted molar refractivity (Wildman–Crippen MR) is 169 cm³/mol. The average molecular weight is 583 g/mol. The van der Waals surface area contributed by atoms with Gasteiger partial charge in [0, 0.05) is 55.4 Å². The van der Waals surface area contributed by atoms with E-state index in [9.17, 15) is 14.7 Å². The van der Waals surface area contributed by atoms with Crippen LogP contribution >= 0.6 is 11.6 Å². The van der Waals surface area contributed by atoms with Crippen molar-refractivity contribution in [3.05, 3.63) is 130 Å². The molecule has 1 amide bonds. The number of likely N-dealkylation sites (N-methyl/N-ethyl adjacent to an activating group) is 1. The van der Waals surface area contributed by atoms with Crippen molar-refractivity contribution in [1.82, 2.24) is 14.4 Å². The molecule has 1 aliphatic rings. The number of nitrogens with two attached hydrogens (primary N) is 1. The molecule has 2 heterocycles. The van der Waals surface area contributed by atoms with Crippen molar-refractivity contribution in [3.63, 3.8) is 0 Å². The molecule has 4 aromatic rings. The lowest BCUT2D eigenvalue weighted by Crippen LogP contribution is -2.37. The van der Waals surface area contributed by atoms with E-state index in [4.69, 9.17) is 17.3 Å². The fourth-order valence-electron chi connectivity index (χ4n) is 5.77. The van der Waals surface area contributed by atoms with E-state index in [2.05, 4.69) is 6.58 Å². The van der Waals surface area contributed by atoms with Gasteiger partial charge in [-0.25, -0.2) is 0 Å². The van der Waals surface area contributed by atoms with E-state index in [0.29, 0.717) is 38.5 Å². The number of halogens is 1. The Bertz CT molecular complexity index is 1740. The van der Waals surface area contributed by atoms with Gasteiger partial charge in [0.15, 0.2) is 5.60 Å². The summed E-state index contributed by atoms with van der Waals surface area (Å²) in [5, 5.41) is 14.0. The number of nitrogens with zero attached hydrogens (tertiary/aromatic N) is 3. The Morgan fingerprint density at radius 1 is 1.02 bits per heavy atom. The molecule has 0 bridgehead atoms. The second kappa shape index (κ2) is 11.9. The van der Waals surface area contributed by atoms with Crippen molar-refractivity contribution in [2.75, 3.05) is 20.1 Å². The highest BCUT2D eigenvalue weighted by Crippen LogP contribution is 2.40. The lowest BCUT2D eigenvalue weighted by Gasteiger charge is -2.36. The number of benzene rings is 3. The third kappa shape index (κ3) is 5.22. The Kier molecular flexibility index (Phi) is 8.25. The summed E-state index contributed by atoms with van der Waals surface area (Å²) in [6.07, 6.45) is 6.08. The van der Waals surface area contributed by atoms with Gasteiger partial charge in [0.2, 0.25) is 0 Å². The van der Waals surface area contributed by atoms with Crippen LogP contribution in [0.4, 0.5) is 0 Å². The second-order valence-electron chi connectivity index (χ2n) is 10.7. The summed E-state index contributed by atoms with van der Waals surface area (Å²) in [6.45, 7) is 5.38. The van der Waals surface area contributed by atoms with E-state index >= 15 is 0 Å². The van der Waals surface area contributed by atoms with Crippen molar-refractivity contribution in [2.24, 2.45) is 12.8 Å². The van der Waals surface area contributed by atoms with Gasteiger partial charge in [0.25, 0.3) is 11.5 Å². The molecule has 0 radical (unpaired) electrons. The number of rotatable bonds is 7. The average Bonchev–Trinajstić information content (AvgIpc) is 3.02. The number of fused-ring (bicyclic) bond motifs is 1. The fraction of sp³-hybridized carbons (Fsp3) is 0.235. The third-order valence-corrected chi connectivity index (χ3v) is 8.41. The van der Waals surface area contributed by atoms with Gasteiger partial charge in [0.05, 0.1) is 11.2 Å². The Balaban J connectivity index is 1.70. The van der Waals surface area contributed by atoms with Crippen LogP contribution in [0.2, 0.25) is 5.02 Å². The lowest BCUT2D eigenvalue weighted by atomic mass is 9.81. The summed E-state index contributed by atoms with van der Waals surface area (Å²) in [7, 11) is 3.47. The first-order valence-electron chi connectivity index (χ1n) is 14.0. The van der Waals surface area contributed by atoms with E-state index in [1.807, 2.05) is 35.2 Å². The number of aryl methyl sites for hydroxylation is 1. The highest BCUT2D eigenvalue weighted by Gasteiger charge is 2.38. The van der Waals surface area contributed by atoms with Gasteiger partial charge in [-0.3, -0.25) is 9.59 Å². The molecular formula is C34H35ClN4O3. The van der Waals surface area contributed by atoms with Crippen LogP contribution in [-0.4, -0.2) is 45.5 Å². The van der Waals surface area contributed by atoms with E-state index in [1.165, 1.54) is 6.20 Å². The molecule has 1 aromatic heterocycles. The van der Waals surface area contributed by atoms with Crippen molar-refractivity contribution in [1.29, 1.82) is 0 Å². The highest BCUT2D eigenvalue weighted by atomic mass is 35.5. The molecular weight excluding hydrogens is 548 g/mol. The summed E-state index contributed by atoms with van der Waals surface area (Å²) in [6, 6.07) is 21.4. The Morgan fingerprint density at radius 3 is 2.36 bits per heavy atom. The molecule has 0 spiro atoms. The van der Waals surface area contributed by atoms with Gasteiger partial charge < -0.3 is 25.2 Å². The number of carbonyl (C=O) groups is 1. The topological polar surface area (TPSA) is 91.8 Å². The van der Waals surface area contributed by atoms with E-state index < -0.39 is 5.60 Å². The van der Waals surface area contributed by atoms with Gasteiger partial charge in [0.1, 0.15) is 0 Å². The van der Waals surface area contributed by atoms with Crippen LogP contribution in [-0.2, 0) is 12.6 Å². The molecule has 0 saturated carbocycles. The van der Waals surface area contributed by atoms with Gasteiger partial charge in [-0.1, -0.05) is 48.5 Å². The number of aliphatic hydroxyl groups is 1. The van der Waals surface area contributed by atoms with Gasteiger partial charge in [-0.2, -0.15) is 0 Å². The smallest absolute Gasteiger partial charge is 0.253 e.